The van der Waals surface area contributed by atoms with Crippen LogP contribution in [0.25, 0.3) is 0 Å². The van der Waals surface area contributed by atoms with Crippen molar-refractivity contribution in [1.29, 1.82) is 5.26 Å². The summed E-state index contributed by atoms with van der Waals surface area (Å²) < 4.78 is 10.6. The lowest BCUT2D eigenvalue weighted by molar-refractivity contribution is -0.384. The number of carbonyl (C=O) groups excluding carboxylic acids is 1. The molecule has 3 rings (SSSR count). The second-order valence-corrected chi connectivity index (χ2v) is 6.95. The molecular weight excluding hydrogens is 440 g/mol. The molecule has 11 heteroatoms. The Morgan fingerprint density at radius 1 is 1.41 bits per heavy atom. The monoisotopic (exact) mass is 456 g/mol. The standard InChI is InChI=1S/C21H17ClN4O6/c1-2-31-19-9-13(15(10-23)20(24)32-19)11-3-6-18(27)14(7-11)21(28)25-17-5-4-12(26(29)30)8-16(17)22/h3-9,13,27H,2,24H2,1H3,(H,25,28). The number of phenols is 1. The van der Waals surface area contributed by atoms with Crippen molar-refractivity contribution in [2.24, 2.45) is 5.73 Å². The van der Waals surface area contributed by atoms with Crippen molar-refractivity contribution in [2.75, 3.05) is 11.9 Å². The number of nitrogens with one attached hydrogen (secondary N) is 1. The van der Waals surface area contributed by atoms with Crippen LogP contribution >= 0.6 is 11.6 Å². The number of amides is 1. The third-order valence-corrected chi connectivity index (χ3v) is 4.85. The summed E-state index contributed by atoms with van der Waals surface area (Å²) in [5.41, 5.74) is 6.21. The highest BCUT2D eigenvalue weighted by molar-refractivity contribution is 6.34. The van der Waals surface area contributed by atoms with Crippen molar-refractivity contribution in [3.63, 3.8) is 0 Å². The summed E-state index contributed by atoms with van der Waals surface area (Å²) >= 11 is 6.02. The number of hydrogen-bond acceptors (Lipinski definition) is 8. The highest BCUT2D eigenvalue weighted by Crippen LogP contribution is 2.35. The van der Waals surface area contributed by atoms with Crippen molar-refractivity contribution < 1.29 is 24.3 Å². The Labute approximate surface area is 187 Å². The van der Waals surface area contributed by atoms with Gasteiger partial charge in [0.25, 0.3) is 17.5 Å². The molecule has 2 aromatic rings. The molecule has 1 atom stereocenters. The molecule has 4 N–H and O–H groups in total. The molecule has 0 aliphatic carbocycles. The van der Waals surface area contributed by atoms with Crippen molar-refractivity contribution in [2.45, 2.75) is 12.8 Å². The number of non-ortho nitro benzene ring substituents is 1. The molecule has 1 heterocycles. The minimum atomic E-state index is -0.711. The lowest BCUT2D eigenvalue weighted by Gasteiger charge is -2.22. The van der Waals surface area contributed by atoms with Crippen LogP contribution in [0.3, 0.4) is 0 Å². The molecule has 10 nitrogen and oxygen atoms in total. The van der Waals surface area contributed by atoms with Gasteiger partial charge in [-0.3, -0.25) is 14.9 Å². The van der Waals surface area contributed by atoms with E-state index in [9.17, 15) is 25.3 Å². The van der Waals surface area contributed by atoms with Gasteiger partial charge in [0.1, 0.15) is 17.4 Å². The predicted octanol–water partition coefficient (Wildman–Crippen LogP) is 3.89. The van der Waals surface area contributed by atoms with Crippen molar-refractivity contribution in [1.82, 2.24) is 0 Å². The number of hydrogen-bond donors (Lipinski definition) is 3. The van der Waals surface area contributed by atoms with Crippen LogP contribution in [-0.4, -0.2) is 22.5 Å². The molecule has 164 valence electrons. The van der Waals surface area contributed by atoms with Crippen LogP contribution in [0.5, 0.6) is 5.75 Å². The Morgan fingerprint density at radius 3 is 2.78 bits per heavy atom. The van der Waals surface area contributed by atoms with Gasteiger partial charge < -0.3 is 25.6 Å². The number of nitriles is 1. The van der Waals surface area contributed by atoms with Crippen molar-refractivity contribution in [3.8, 4) is 11.8 Å². The first-order valence-electron chi connectivity index (χ1n) is 9.25. The van der Waals surface area contributed by atoms with E-state index in [4.69, 9.17) is 26.8 Å². The van der Waals surface area contributed by atoms with E-state index < -0.39 is 16.7 Å². The third kappa shape index (κ3) is 4.58. The minimum Gasteiger partial charge on any atom is -0.507 e. The SMILES string of the molecule is CCOC1=CC(c2ccc(O)c(C(=O)Nc3ccc([N+](=O)[O-])cc3Cl)c2)C(C#N)=C(N)O1. The molecule has 1 aliphatic rings. The average Bonchev–Trinajstić information content (AvgIpc) is 2.75. The Balaban J connectivity index is 1.95. The molecule has 2 aromatic carbocycles. The maximum atomic E-state index is 12.8. The van der Waals surface area contributed by atoms with Gasteiger partial charge in [0.05, 0.1) is 27.8 Å². The predicted molar refractivity (Wildman–Crippen MR) is 115 cm³/mol. The summed E-state index contributed by atoms with van der Waals surface area (Å²) in [6, 6.07) is 9.78. The van der Waals surface area contributed by atoms with Crippen LogP contribution < -0.4 is 11.1 Å². The zero-order valence-electron chi connectivity index (χ0n) is 16.7. The Morgan fingerprint density at radius 2 is 2.16 bits per heavy atom. The second kappa shape index (κ2) is 9.28. The molecule has 0 bridgehead atoms. The summed E-state index contributed by atoms with van der Waals surface area (Å²) in [4.78, 5) is 23.0. The van der Waals surface area contributed by atoms with E-state index in [0.717, 1.165) is 6.07 Å². The summed E-state index contributed by atoms with van der Waals surface area (Å²) in [5, 5.41) is 33.0. The summed E-state index contributed by atoms with van der Waals surface area (Å²) in [6.07, 6.45) is 1.54. The maximum absolute atomic E-state index is 12.8. The van der Waals surface area contributed by atoms with Crippen LogP contribution in [-0.2, 0) is 9.47 Å². The fourth-order valence-corrected chi connectivity index (χ4v) is 3.24. The highest BCUT2D eigenvalue weighted by Gasteiger charge is 2.27. The zero-order valence-corrected chi connectivity index (χ0v) is 17.4. The Hall–Kier alpha value is -4.23. The fraction of sp³-hybridized carbons (Fsp3) is 0.143. The van der Waals surface area contributed by atoms with Gasteiger partial charge in [-0.25, -0.2) is 0 Å². The van der Waals surface area contributed by atoms with Gasteiger partial charge in [0, 0.05) is 24.1 Å². The van der Waals surface area contributed by atoms with E-state index in [2.05, 4.69) is 5.32 Å². The topological polar surface area (TPSA) is 161 Å². The van der Waals surface area contributed by atoms with Gasteiger partial charge in [0.15, 0.2) is 0 Å². The molecule has 0 aromatic heterocycles. The minimum absolute atomic E-state index is 0.0422. The number of allylic oxidation sites excluding steroid dienone is 2. The smallest absolute Gasteiger partial charge is 0.282 e. The summed E-state index contributed by atoms with van der Waals surface area (Å²) in [5.74, 6) is -1.71. The maximum Gasteiger partial charge on any atom is 0.282 e. The molecule has 32 heavy (non-hydrogen) atoms. The second-order valence-electron chi connectivity index (χ2n) is 6.54. The van der Waals surface area contributed by atoms with Crippen LogP contribution in [0.15, 0.2) is 59.9 Å². The molecule has 0 fully saturated rings. The van der Waals surface area contributed by atoms with Crippen molar-refractivity contribution >= 4 is 28.9 Å². The first-order valence-corrected chi connectivity index (χ1v) is 9.63. The van der Waals surface area contributed by atoms with E-state index in [1.807, 2.05) is 6.07 Å². The molecule has 0 saturated carbocycles. The van der Waals surface area contributed by atoms with Crippen LogP contribution in [0.1, 0.15) is 28.8 Å². The lowest BCUT2D eigenvalue weighted by Crippen LogP contribution is -2.18. The number of nitrogens with two attached hydrogens (primary N) is 1. The number of nitro groups is 1. The number of phenolic OH excluding ortho intramolecular Hbond substituents is 1. The zero-order chi connectivity index (χ0) is 23.4. The van der Waals surface area contributed by atoms with Crippen LogP contribution in [0.4, 0.5) is 11.4 Å². The summed E-state index contributed by atoms with van der Waals surface area (Å²) in [6.45, 7) is 2.07. The number of nitrogens with zero attached hydrogens (tertiary/aromatic N) is 2. The summed E-state index contributed by atoms with van der Waals surface area (Å²) in [7, 11) is 0. The number of nitro benzene ring substituents is 1. The lowest BCUT2D eigenvalue weighted by atomic mass is 9.89. The van der Waals surface area contributed by atoms with Crippen LogP contribution in [0, 0.1) is 21.4 Å². The molecule has 1 unspecified atom stereocenters. The largest absolute Gasteiger partial charge is 0.507 e. The molecular formula is C21H17ClN4O6. The van der Waals surface area contributed by atoms with Gasteiger partial charge in [-0.1, -0.05) is 17.7 Å². The molecule has 0 radical (unpaired) electrons. The number of rotatable bonds is 6. The van der Waals surface area contributed by atoms with Gasteiger partial charge in [0.2, 0.25) is 5.88 Å². The number of anilines is 1. The number of halogens is 1. The van der Waals surface area contributed by atoms with Crippen LogP contribution in [0.2, 0.25) is 5.02 Å². The fourth-order valence-electron chi connectivity index (χ4n) is 3.01. The first kappa shape index (κ1) is 22.5. The van der Waals surface area contributed by atoms with Crippen molar-refractivity contribution in [3.05, 3.63) is 86.1 Å². The van der Waals surface area contributed by atoms with Gasteiger partial charge >= 0.3 is 0 Å². The van der Waals surface area contributed by atoms with Gasteiger partial charge in [-0.05, 0) is 30.7 Å². The molecule has 0 saturated heterocycles. The third-order valence-electron chi connectivity index (χ3n) is 4.53. The number of benzene rings is 2. The molecule has 0 spiro atoms. The van der Waals surface area contributed by atoms with E-state index >= 15 is 0 Å². The van der Waals surface area contributed by atoms with E-state index in [0.29, 0.717) is 12.2 Å². The highest BCUT2D eigenvalue weighted by atomic mass is 35.5. The quantitative estimate of drug-likeness (QED) is 0.435. The van der Waals surface area contributed by atoms with E-state index in [1.54, 1.807) is 13.0 Å². The normalized spacial score (nSPS) is 15.3. The van der Waals surface area contributed by atoms with E-state index in [1.165, 1.54) is 30.3 Å². The number of ether oxygens (including phenoxy) is 2. The molecule has 1 amide bonds. The Bertz CT molecular complexity index is 1200. The number of carbonyl (C=O) groups is 1. The van der Waals surface area contributed by atoms with Gasteiger partial charge in [-0.2, -0.15) is 5.26 Å². The molecule has 1 aliphatic heterocycles. The number of aromatic hydroxyl groups is 1. The Kier molecular flexibility index (Phi) is 6.51. The average molecular weight is 457 g/mol. The van der Waals surface area contributed by atoms with E-state index in [-0.39, 0.29) is 45.1 Å². The first-order chi connectivity index (χ1) is 15.2. The van der Waals surface area contributed by atoms with Gasteiger partial charge in [-0.15, -0.1) is 0 Å².